The second kappa shape index (κ2) is 17.0. The molecular weight excluding hydrogens is 745 g/mol. The van der Waals surface area contributed by atoms with Gasteiger partial charge in [0, 0.05) is 18.5 Å². The molecule has 0 unspecified atom stereocenters. The van der Waals surface area contributed by atoms with E-state index >= 15 is 0 Å². The molecule has 2 aliphatic heterocycles. The molecule has 7 aromatic rings. The van der Waals surface area contributed by atoms with Crippen molar-refractivity contribution in [3.8, 4) is 11.1 Å². The number of likely N-dealkylation sites (tertiary alicyclic amines) is 2. The number of fused-ring (bicyclic) bond motifs is 4. The van der Waals surface area contributed by atoms with Crippen molar-refractivity contribution in [2.45, 2.75) is 77.5 Å². The highest BCUT2D eigenvalue weighted by atomic mass is 16.2. The van der Waals surface area contributed by atoms with Gasteiger partial charge in [-0.3, -0.25) is 19.4 Å². The number of benzene rings is 5. The highest BCUT2D eigenvalue weighted by Crippen LogP contribution is 2.39. The predicted molar refractivity (Wildman–Crippen MR) is 240 cm³/mol. The summed E-state index contributed by atoms with van der Waals surface area (Å²) >= 11 is 0. The molecule has 2 amide bonds. The van der Waals surface area contributed by atoms with Gasteiger partial charge in [0.1, 0.15) is 23.7 Å². The van der Waals surface area contributed by atoms with Crippen LogP contribution < -0.4 is 0 Å². The number of nitrogens with one attached hydrogen (secondary N) is 2. The van der Waals surface area contributed by atoms with Crippen molar-refractivity contribution >= 4 is 44.7 Å². The fraction of sp³-hybridized carbons (Fsp3) is 0.360. The third-order valence-corrected chi connectivity index (χ3v) is 13.1. The monoisotopic (exact) mass is 800 g/mol. The predicted octanol–water partition coefficient (Wildman–Crippen LogP) is 9.75. The number of aromatic nitrogens is 4. The second-order valence-electron chi connectivity index (χ2n) is 16.3. The first-order valence-corrected chi connectivity index (χ1v) is 22.0. The van der Waals surface area contributed by atoms with E-state index in [1.165, 1.54) is 0 Å². The number of aromatic amines is 2. The number of hydrogen-bond donors (Lipinski definition) is 2. The first kappa shape index (κ1) is 39.6. The summed E-state index contributed by atoms with van der Waals surface area (Å²) in [7, 11) is 0. The standard InChI is InChI=1S/C50H56N8O2/c1-5-55(6-2)45(33-17-11-9-12-18-33)49(59)57-29-15-21-42(57)47-51-39-27-24-36(32-41(39)53-47)35-23-26-38-37(31-35)25-28-40-44(38)54-48(52-40)43-22-16-30-58(43)50(60)46(56(7-3)8-4)34-19-13-10-14-20-34/h9-14,17-20,23-28,31-32,42-43,45-46H,5-8,15-16,21-22,29-30H2,1-4H3,(H,51,53)(H,52,54)/t42-,43-,45+,46+/m0/s1. The minimum Gasteiger partial charge on any atom is -0.340 e. The number of imidazole rings is 2. The fourth-order valence-corrected chi connectivity index (χ4v) is 9.94. The van der Waals surface area contributed by atoms with Gasteiger partial charge in [0.2, 0.25) is 11.8 Å². The third-order valence-electron chi connectivity index (χ3n) is 13.1. The Kier molecular flexibility index (Phi) is 11.2. The molecule has 10 heteroatoms. The molecule has 0 saturated carbocycles. The fourth-order valence-electron chi connectivity index (χ4n) is 9.94. The summed E-state index contributed by atoms with van der Waals surface area (Å²) in [4.78, 5) is 54.9. The topological polar surface area (TPSA) is 104 Å². The Bertz CT molecular complexity index is 2610. The molecule has 2 saturated heterocycles. The minimum absolute atomic E-state index is 0.0981. The summed E-state index contributed by atoms with van der Waals surface area (Å²) < 4.78 is 0. The lowest BCUT2D eigenvalue weighted by atomic mass is 10.0. The SMILES string of the molecule is CCN(CC)[C@@H](C(=O)N1CCC[C@H]1c1nc2ccc(-c3ccc4c(ccc5[nH]c([C@@H]6CCCN6C(=O)[C@@H](c6ccccc6)N(CC)CC)nc54)c3)cc2[nH]1)c1ccccc1. The molecule has 2 aromatic heterocycles. The number of H-pyrrole nitrogens is 2. The van der Waals surface area contributed by atoms with Gasteiger partial charge >= 0.3 is 0 Å². The Morgan fingerprint density at radius 2 is 1.13 bits per heavy atom. The van der Waals surface area contributed by atoms with E-state index < -0.39 is 0 Å². The van der Waals surface area contributed by atoms with Crippen LogP contribution in [0.25, 0.3) is 44.0 Å². The molecule has 0 radical (unpaired) electrons. The van der Waals surface area contributed by atoms with Crippen LogP contribution >= 0.6 is 0 Å². The van der Waals surface area contributed by atoms with Crippen molar-refractivity contribution < 1.29 is 9.59 Å². The zero-order valence-corrected chi connectivity index (χ0v) is 35.3. The van der Waals surface area contributed by atoms with Crippen molar-refractivity contribution in [2.75, 3.05) is 39.3 Å². The van der Waals surface area contributed by atoms with E-state index in [2.05, 4.69) is 130 Å². The van der Waals surface area contributed by atoms with Crippen LogP contribution in [0.4, 0.5) is 0 Å². The molecule has 2 aliphatic rings. The maximum atomic E-state index is 14.4. The van der Waals surface area contributed by atoms with Gasteiger partial charge in [0.15, 0.2) is 0 Å². The van der Waals surface area contributed by atoms with Gasteiger partial charge in [0.05, 0.1) is 34.2 Å². The summed E-state index contributed by atoms with van der Waals surface area (Å²) in [5, 5.41) is 2.18. The van der Waals surface area contributed by atoms with E-state index in [-0.39, 0.29) is 36.0 Å². The molecule has 4 heterocycles. The van der Waals surface area contributed by atoms with E-state index in [4.69, 9.17) is 9.97 Å². The number of hydrogen-bond acceptors (Lipinski definition) is 6. The van der Waals surface area contributed by atoms with Crippen molar-refractivity contribution in [1.82, 2.24) is 39.5 Å². The number of likely N-dealkylation sites (N-methyl/N-ethyl adjacent to an activating group) is 2. The third kappa shape index (κ3) is 7.26. The smallest absolute Gasteiger partial charge is 0.245 e. The average Bonchev–Trinajstić information content (AvgIpc) is 4.13. The first-order valence-electron chi connectivity index (χ1n) is 22.0. The number of carbonyl (C=O) groups excluding carboxylic acids is 2. The number of carbonyl (C=O) groups is 2. The molecular formula is C50H56N8O2. The molecule has 60 heavy (non-hydrogen) atoms. The van der Waals surface area contributed by atoms with Crippen molar-refractivity contribution in [3.63, 3.8) is 0 Å². The Balaban J connectivity index is 0.972. The normalized spacial score (nSPS) is 18.1. The molecule has 10 nitrogen and oxygen atoms in total. The molecule has 0 bridgehead atoms. The number of rotatable bonds is 13. The zero-order chi connectivity index (χ0) is 41.3. The molecule has 0 aliphatic carbocycles. The van der Waals surface area contributed by atoms with E-state index in [0.717, 1.165) is 132 Å². The maximum absolute atomic E-state index is 14.4. The van der Waals surface area contributed by atoms with Gasteiger partial charge < -0.3 is 19.8 Å². The Hall–Kier alpha value is -5.84. The Morgan fingerprint density at radius 3 is 1.70 bits per heavy atom. The largest absolute Gasteiger partial charge is 0.340 e. The van der Waals surface area contributed by atoms with Crippen molar-refractivity contribution in [1.29, 1.82) is 0 Å². The van der Waals surface area contributed by atoms with Crippen molar-refractivity contribution in [2.24, 2.45) is 0 Å². The van der Waals surface area contributed by atoms with Crippen LogP contribution in [0.3, 0.4) is 0 Å². The number of nitrogens with zero attached hydrogens (tertiary/aromatic N) is 6. The Labute approximate surface area is 352 Å². The molecule has 2 fully saturated rings. The van der Waals surface area contributed by atoms with Gasteiger partial charge in [-0.05, 0) is 104 Å². The van der Waals surface area contributed by atoms with Crippen LogP contribution in [-0.4, -0.2) is 90.6 Å². The molecule has 0 spiro atoms. The minimum atomic E-state index is -0.324. The molecule has 308 valence electrons. The van der Waals surface area contributed by atoms with Gasteiger partial charge in [-0.15, -0.1) is 0 Å². The van der Waals surface area contributed by atoms with Crippen LogP contribution in [-0.2, 0) is 9.59 Å². The lowest BCUT2D eigenvalue weighted by molar-refractivity contribution is -0.139. The van der Waals surface area contributed by atoms with Crippen LogP contribution in [0.1, 0.15) is 100 Å². The summed E-state index contributed by atoms with van der Waals surface area (Å²) in [6.07, 6.45) is 3.65. The molecule has 9 rings (SSSR count). The highest BCUT2D eigenvalue weighted by molar-refractivity contribution is 6.05. The molecule has 4 atom stereocenters. The summed E-state index contributed by atoms with van der Waals surface area (Å²) in [5.74, 6) is 1.99. The summed E-state index contributed by atoms with van der Waals surface area (Å²) in [6, 6.07) is 36.8. The van der Waals surface area contributed by atoms with Gasteiger partial charge in [-0.25, -0.2) is 9.97 Å². The van der Waals surface area contributed by atoms with Gasteiger partial charge in [0.25, 0.3) is 0 Å². The van der Waals surface area contributed by atoms with Crippen LogP contribution in [0.2, 0.25) is 0 Å². The molecule has 5 aromatic carbocycles. The quantitative estimate of drug-likeness (QED) is 0.120. The second-order valence-corrected chi connectivity index (χ2v) is 16.3. The van der Waals surface area contributed by atoms with Crippen LogP contribution in [0.5, 0.6) is 0 Å². The summed E-state index contributed by atoms with van der Waals surface area (Å²) in [6.45, 7) is 13.1. The van der Waals surface area contributed by atoms with Gasteiger partial charge in [-0.1, -0.05) is 113 Å². The average molecular weight is 801 g/mol. The van der Waals surface area contributed by atoms with E-state index in [0.29, 0.717) is 0 Å². The lowest BCUT2D eigenvalue weighted by Gasteiger charge is -2.34. The molecule has 2 N–H and O–H groups in total. The lowest BCUT2D eigenvalue weighted by Crippen LogP contribution is -2.43. The van der Waals surface area contributed by atoms with Crippen LogP contribution in [0, 0.1) is 0 Å². The van der Waals surface area contributed by atoms with E-state index in [1.54, 1.807) is 0 Å². The van der Waals surface area contributed by atoms with E-state index in [9.17, 15) is 9.59 Å². The van der Waals surface area contributed by atoms with Gasteiger partial charge in [-0.2, -0.15) is 0 Å². The number of amides is 2. The zero-order valence-electron chi connectivity index (χ0n) is 35.3. The highest BCUT2D eigenvalue weighted by Gasteiger charge is 2.39. The van der Waals surface area contributed by atoms with E-state index in [1.807, 2.05) is 36.4 Å². The van der Waals surface area contributed by atoms with Crippen molar-refractivity contribution in [3.05, 3.63) is 132 Å². The maximum Gasteiger partial charge on any atom is 0.245 e. The summed E-state index contributed by atoms with van der Waals surface area (Å²) in [5.41, 5.74) is 8.03. The Morgan fingerprint density at radius 1 is 0.617 bits per heavy atom. The first-order chi connectivity index (χ1) is 29.4. The van der Waals surface area contributed by atoms with Crippen LogP contribution in [0.15, 0.2) is 109 Å².